The van der Waals surface area contributed by atoms with E-state index in [1.54, 1.807) is 23.2 Å². The summed E-state index contributed by atoms with van der Waals surface area (Å²) in [5.74, 6) is 0.401. The fourth-order valence-corrected chi connectivity index (χ4v) is 7.55. The van der Waals surface area contributed by atoms with Crippen molar-refractivity contribution in [3.8, 4) is 22.4 Å². The van der Waals surface area contributed by atoms with E-state index < -0.39 is 34.5 Å². The zero-order valence-electron chi connectivity index (χ0n) is 27.7. The van der Waals surface area contributed by atoms with Crippen LogP contribution in [0.4, 0.5) is 10.5 Å². The summed E-state index contributed by atoms with van der Waals surface area (Å²) in [5, 5.41) is 15.0. The number of carbonyl (C=O) groups is 3. The Morgan fingerprint density at radius 2 is 1.58 bits per heavy atom. The van der Waals surface area contributed by atoms with Gasteiger partial charge in [0.2, 0.25) is 5.91 Å². The number of imidazole rings is 1. The minimum Gasteiger partial charge on any atom is -0.453 e. The SMILES string of the molecule is COC(=O)N[C@@H](CO)C(=O)N1CCC[C@H]1c1ncc(-c2ccc(-c3ccc(C(=O)Nc4ccc(CN5CCS(=O)(=O)CC5)cc4)cc3)cc2)[nH]1. The number of hydrogen-bond donors (Lipinski definition) is 4. The number of amides is 3. The van der Waals surface area contributed by atoms with Gasteiger partial charge in [-0.05, 0) is 59.4 Å². The second-order valence-electron chi connectivity index (χ2n) is 12.5. The van der Waals surface area contributed by atoms with Gasteiger partial charge in [-0.15, -0.1) is 0 Å². The monoisotopic (exact) mass is 700 g/mol. The molecule has 13 nitrogen and oxygen atoms in total. The van der Waals surface area contributed by atoms with Crippen LogP contribution >= 0.6 is 0 Å². The fourth-order valence-electron chi connectivity index (χ4n) is 6.27. The standard InChI is InChI=1S/C36H40N6O7S/c1-49-36(46)40-31(23-43)35(45)42-16-2-3-32(42)33-37-21-30(39-33)27-10-6-25(7-11-27)26-8-12-28(13-9-26)34(44)38-29-14-4-24(5-15-29)22-41-17-19-50(47,48)20-18-41/h4-15,21,31-32,43H,2-3,16-20,22-23H2,1H3,(H,37,39)(H,38,44)(H,40,46)/t31-,32-/m0/s1. The Morgan fingerprint density at radius 1 is 0.940 bits per heavy atom. The van der Waals surface area contributed by atoms with Crippen molar-refractivity contribution in [3.05, 3.63) is 95.9 Å². The van der Waals surface area contributed by atoms with E-state index in [0.717, 1.165) is 34.4 Å². The van der Waals surface area contributed by atoms with Crippen LogP contribution in [-0.2, 0) is 25.9 Å². The predicted molar refractivity (Wildman–Crippen MR) is 188 cm³/mol. The third kappa shape index (κ3) is 8.21. The number of aromatic nitrogens is 2. The van der Waals surface area contributed by atoms with E-state index >= 15 is 0 Å². The topological polar surface area (TPSA) is 174 Å². The van der Waals surface area contributed by atoms with Gasteiger partial charge in [0.25, 0.3) is 5.91 Å². The van der Waals surface area contributed by atoms with Crippen LogP contribution in [0.2, 0.25) is 0 Å². The molecular weight excluding hydrogens is 660 g/mol. The smallest absolute Gasteiger partial charge is 0.407 e. The molecule has 0 spiro atoms. The summed E-state index contributed by atoms with van der Waals surface area (Å²) in [6.07, 6.45) is 2.41. The lowest BCUT2D eigenvalue weighted by atomic mass is 10.0. The van der Waals surface area contributed by atoms with Gasteiger partial charge in [0.1, 0.15) is 11.9 Å². The summed E-state index contributed by atoms with van der Waals surface area (Å²) in [4.78, 5) is 49.3. The third-order valence-electron chi connectivity index (χ3n) is 9.14. The Balaban J connectivity index is 1.04. The molecule has 3 amide bonds. The number of rotatable bonds is 10. The molecule has 14 heteroatoms. The molecule has 3 aromatic carbocycles. The van der Waals surface area contributed by atoms with Crippen molar-refractivity contribution in [3.63, 3.8) is 0 Å². The van der Waals surface area contributed by atoms with Gasteiger partial charge < -0.3 is 30.4 Å². The molecular formula is C36H40N6O7S. The van der Waals surface area contributed by atoms with Crippen LogP contribution in [0.5, 0.6) is 0 Å². The minimum atomic E-state index is -2.91. The van der Waals surface area contributed by atoms with Crippen LogP contribution in [0.25, 0.3) is 22.4 Å². The van der Waals surface area contributed by atoms with E-state index in [1.165, 1.54) is 7.11 Å². The number of H-pyrrole nitrogens is 1. The van der Waals surface area contributed by atoms with Crippen molar-refractivity contribution in [2.75, 3.05) is 50.2 Å². The summed E-state index contributed by atoms with van der Waals surface area (Å²) >= 11 is 0. The molecule has 0 saturated carbocycles. The Bertz CT molecular complexity index is 1910. The minimum absolute atomic E-state index is 0.192. The molecule has 0 aliphatic carbocycles. The maximum Gasteiger partial charge on any atom is 0.407 e. The number of sulfone groups is 1. The average Bonchev–Trinajstić information content (AvgIpc) is 3.83. The molecule has 6 rings (SSSR count). The van der Waals surface area contributed by atoms with Crippen molar-refractivity contribution < 1.29 is 32.6 Å². The van der Waals surface area contributed by atoms with E-state index in [0.29, 0.717) is 49.7 Å². The molecule has 1 aromatic heterocycles. The lowest BCUT2D eigenvalue weighted by Crippen LogP contribution is -2.50. The molecule has 2 aliphatic heterocycles. The van der Waals surface area contributed by atoms with Gasteiger partial charge in [0, 0.05) is 37.4 Å². The second-order valence-corrected chi connectivity index (χ2v) is 14.8. The number of alkyl carbamates (subject to hydrolysis) is 1. The van der Waals surface area contributed by atoms with Crippen molar-refractivity contribution in [1.29, 1.82) is 0 Å². The number of anilines is 1. The van der Waals surface area contributed by atoms with Crippen LogP contribution in [0.3, 0.4) is 0 Å². The van der Waals surface area contributed by atoms with Gasteiger partial charge in [-0.3, -0.25) is 14.5 Å². The summed E-state index contributed by atoms with van der Waals surface area (Å²) in [6, 6.07) is 21.5. The number of hydrogen-bond acceptors (Lipinski definition) is 9. The first kappa shape index (κ1) is 34.8. The van der Waals surface area contributed by atoms with E-state index in [2.05, 4.69) is 30.2 Å². The Morgan fingerprint density at radius 3 is 2.22 bits per heavy atom. The molecule has 0 bridgehead atoms. The molecule has 2 atom stereocenters. The highest BCUT2D eigenvalue weighted by Crippen LogP contribution is 2.32. The van der Waals surface area contributed by atoms with E-state index in [9.17, 15) is 27.9 Å². The van der Waals surface area contributed by atoms with E-state index in [-0.39, 0.29) is 23.5 Å². The van der Waals surface area contributed by atoms with Crippen LogP contribution in [0, 0.1) is 0 Å². The lowest BCUT2D eigenvalue weighted by molar-refractivity contribution is -0.135. The Labute approximate surface area is 290 Å². The predicted octanol–water partition coefficient (Wildman–Crippen LogP) is 3.61. The molecule has 2 aliphatic rings. The summed E-state index contributed by atoms with van der Waals surface area (Å²) in [6.45, 7) is 1.67. The number of likely N-dealkylation sites (tertiary alicyclic amines) is 1. The highest BCUT2D eigenvalue weighted by Gasteiger charge is 2.36. The van der Waals surface area contributed by atoms with Crippen LogP contribution < -0.4 is 10.6 Å². The number of nitrogens with one attached hydrogen (secondary N) is 3. The van der Waals surface area contributed by atoms with Crippen molar-refractivity contribution in [2.45, 2.75) is 31.5 Å². The second kappa shape index (κ2) is 15.2. The number of aromatic amines is 1. The first-order chi connectivity index (χ1) is 24.1. The highest BCUT2D eigenvalue weighted by atomic mass is 32.2. The van der Waals surface area contributed by atoms with Crippen LogP contribution in [0.15, 0.2) is 79.0 Å². The van der Waals surface area contributed by atoms with Gasteiger partial charge in [-0.2, -0.15) is 0 Å². The van der Waals surface area contributed by atoms with E-state index in [1.807, 2.05) is 60.7 Å². The Kier molecular flexibility index (Phi) is 10.6. The number of carbonyl (C=O) groups excluding carboxylic acids is 3. The zero-order valence-corrected chi connectivity index (χ0v) is 28.5. The third-order valence-corrected chi connectivity index (χ3v) is 10.7. The zero-order chi connectivity index (χ0) is 35.3. The largest absolute Gasteiger partial charge is 0.453 e. The maximum atomic E-state index is 13.1. The summed E-state index contributed by atoms with van der Waals surface area (Å²) in [7, 11) is -1.72. The normalized spacial score (nSPS) is 18.0. The number of benzene rings is 3. The van der Waals surface area contributed by atoms with Crippen molar-refractivity contribution in [2.24, 2.45) is 0 Å². The fraction of sp³-hybridized carbons (Fsp3) is 0.333. The first-order valence-corrected chi connectivity index (χ1v) is 18.3. The molecule has 262 valence electrons. The summed E-state index contributed by atoms with van der Waals surface area (Å²) in [5.41, 5.74) is 5.89. The maximum absolute atomic E-state index is 13.1. The molecule has 0 radical (unpaired) electrons. The molecule has 2 fully saturated rings. The van der Waals surface area contributed by atoms with Crippen molar-refractivity contribution in [1.82, 2.24) is 25.1 Å². The molecule has 0 unspecified atom stereocenters. The quantitative estimate of drug-likeness (QED) is 0.193. The molecule has 50 heavy (non-hydrogen) atoms. The average molecular weight is 701 g/mol. The summed E-state index contributed by atoms with van der Waals surface area (Å²) < 4.78 is 27.9. The Hall–Kier alpha value is -5.05. The van der Waals surface area contributed by atoms with Gasteiger partial charge in [-0.1, -0.05) is 48.5 Å². The van der Waals surface area contributed by atoms with Crippen LogP contribution in [0.1, 0.15) is 40.6 Å². The number of methoxy groups -OCH3 is 1. The van der Waals surface area contributed by atoms with Gasteiger partial charge in [-0.25, -0.2) is 18.2 Å². The number of ether oxygens (including phenoxy) is 1. The highest BCUT2D eigenvalue weighted by molar-refractivity contribution is 7.91. The molecule has 4 N–H and O–H groups in total. The number of aliphatic hydroxyl groups excluding tert-OH is 1. The molecule has 3 heterocycles. The number of aliphatic hydroxyl groups is 1. The molecule has 4 aromatic rings. The van der Waals surface area contributed by atoms with Crippen molar-refractivity contribution >= 4 is 33.4 Å². The van der Waals surface area contributed by atoms with E-state index in [4.69, 9.17) is 0 Å². The first-order valence-electron chi connectivity index (χ1n) is 16.5. The van der Waals surface area contributed by atoms with Gasteiger partial charge in [0.05, 0.1) is 43.2 Å². The molecule has 2 saturated heterocycles. The van der Waals surface area contributed by atoms with Gasteiger partial charge in [0.15, 0.2) is 9.84 Å². The number of nitrogens with zero attached hydrogens (tertiary/aromatic N) is 3. The van der Waals surface area contributed by atoms with Crippen LogP contribution in [-0.4, -0.2) is 102 Å². The lowest BCUT2D eigenvalue weighted by Gasteiger charge is -2.27. The van der Waals surface area contributed by atoms with Gasteiger partial charge >= 0.3 is 6.09 Å².